The minimum atomic E-state index is -2.64. The van der Waals surface area contributed by atoms with Gasteiger partial charge in [0, 0.05) is 22.3 Å². The van der Waals surface area contributed by atoms with Gasteiger partial charge in [0.15, 0.2) is 0 Å². The van der Waals surface area contributed by atoms with E-state index in [4.69, 9.17) is 18.6 Å². The number of rotatable bonds is 12. The maximum Gasteiger partial charge on any atom is 0.777 e. The Morgan fingerprint density at radius 2 is 0.630 bits per heavy atom. The van der Waals surface area contributed by atoms with E-state index in [0.29, 0.717) is 23.0 Å². The number of fused-ring (bicyclic) bond motifs is 6. The monoisotopic (exact) mass is 621 g/mol. The van der Waals surface area contributed by atoms with Gasteiger partial charge in [0.2, 0.25) is 0 Å². The fourth-order valence-corrected chi connectivity index (χ4v) is 6.58. The van der Waals surface area contributed by atoms with Crippen LogP contribution in [0.15, 0.2) is 97.1 Å². The Balaban J connectivity index is 0.000000213. The number of hydrogen-bond acceptors (Lipinski definition) is 4. The molecule has 0 amide bonds. The van der Waals surface area contributed by atoms with Crippen molar-refractivity contribution in [3.05, 3.63) is 97.1 Å². The van der Waals surface area contributed by atoms with Crippen molar-refractivity contribution in [2.24, 2.45) is 0 Å². The third kappa shape index (κ3) is 7.90. The molecular weight excluding hydrogens is 569 g/mol. The zero-order valence-electron chi connectivity index (χ0n) is 28.4. The Morgan fingerprint density at radius 1 is 0.391 bits per heavy atom. The predicted octanol–water partition coefficient (Wildman–Crippen LogP) is 10.7. The molecular formula is C40H52BNO4. The van der Waals surface area contributed by atoms with Crippen LogP contribution in [0.3, 0.4) is 0 Å². The smallest absolute Gasteiger partial charge is 0.611 e. The summed E-state index contributed by atoms with van der Waals surface area (Å²) in [6, 6.07) is 31.2. The molecule has 6 rings (SSSR count). The summed E-state index contributed by atoms with van der Waals surface area (Å²) in [7, 11) is 0. The van der Waals surface area contributed by atoms with E-state index in [-0.39, 0.29) is 0 Å². The number of nitrogens with zero attached hydrogens (tertiary/aromatic N) is 1. The van der Waals surface area contributed by atoms with Gasteiger partial charge >= 0.3 is 6.96 Å². The van der Waals surface area contributed by atoms with Crippen LogP contribution < -0.4 is 18.6 Å². The molecule has 6 heteroatoms. The van der Waals surface area contributed by atoms with E-state index in [0.717, 1.165) is 22.3 Å². The number of benzene rings is 4. The van der Waals surface area contributed by atoms with Crippen molar-refractivity contribution in [1.29, 1.82) is 0 Å². The van der Waals surface area contributed by atoms with Gasteiger partial charge in [-0.3, -0.25) is 0 Å². The van der Waals surface area contributed by atoms with Crippen LogP contribution in [0.25, 0.3) is 22.3 Å². The molecule has 0 saturated carbocycles. The molecule has 0 saturated heterocycles. The summed E-state index contributed by atoms with van der Waals surface area (Å²) in [5.41, 5.74) is 3.72. The van der Waals surface area contributed by atoms with Crippen LogP contribution in [0.4, 0.5) is 0 Å². The fourth-order valence-electron chi connectivity index (χ4n) is 6.58. The highest BCUT2D eigenvalue weighted by molar-refractivity contribution is 6.57. The highest BCUT2D eigenvalue weighted by atomic mass is 16.9. The second-order valence-electron chi connectivity index (χ2n) is 12.7. The molecule has 0 bridgehead atoms. The van der Waals surface area contributed by atoms with Crippen LogP contribution >= 0.6 is 0 Å². The van der Waals surface area contributed by atoms with E-state index in [1.165, 1.54) is 82.0 Å². The van der Waals surface area contributed by atoms with Crippen molar-refractivity contribution in [2.45, 2.75) is 79.1 Å². The lowest BCUT2D eigenvalue weighted by atomic mass is 10.0. The maximum absolute atomic E-state index is 6.36. The highest BCUT2D eigenvalue weighted by Gasteiger charge is 2.47. The zero-order valence-corrected chi connectivity index (χ0v) is 28.4. The van der Waals surface area contributed by atoms with Crippen molar-refractivity contribution >= 4 is 6.96 Å². The van der Waals surface area contributed by atoms with Crippen LogP contribution in [0, 0.1) is 0 Å². The Kier molecular flexibility index (Phi) is 11.7. The first-order valence-corrected chi connectivity index (χ1v) is 17.7. The van der Waals surface area contributed by atoms with Crippen molar-refractivity contribution in [3.8, 4) is 45.3 Å². The van der Waals surface area contributed by atoms with Crippen molar-refractivity contribution < 1.29 is 23.1 Å². The summed E-state index contributed by atoms with van der Waals surface area (Å²) in [6.45, 7) is 12.4. The van der Waals surface area contributed by atoms with E-state index in [1.54, 1.807) is 0 Å². The van der Waals surface area contributed by atoms with Gasteiger partial charge in [-0.2, -0.15) is 0 Å². The Morgan fingerprint density at radius 3 is 0.870 bits per heavy atom. The van der Waals surface area contributed by atoms with Crippen LogP contribution in [0.5, 0.6) is 23.0 Å². The summed E-state index contributed by atoms with van der Waals surface area (Å²) in [5, 5.41) is 0. The molecule has 0 unspecified atom stereocenters. The lowest BCUT2D eigenvalue weighted by molar-refractivity contribution is -0.929. The molecule has 46 heavy (non-hydrogen) atoms. The standard InChI is InChI=1S/C24H16BO4.C16H36N/c1-5-13-21-17(9-1)18-10-2-6-14-22(18)27-25(26-21)28-23-15-7-3-11-19(23)20-12-4-8-16-24(20)29-25;1-5-9-13-17(14-10-6-2,15-11-7-3)16-12-8-4/h1-16H;5-16H2,1-4H3/q-1;+1. The quantitative estimate of drug-likeness (QED) is 0.117. The molecule has 0 radical (unpaired) electrons. The SMILES string of the molecule is CCCC[N+](CCCC)(CCCC)CCCC.c1ccc2c(c1)O[B-]1(Oc3ccccc3-2)Oc2ccccc2-c2ccccc2O1. The number of unbranched alkanes of at least 4 members (excludes halogenated alkanes) is 4. The van der Waals surface area contributed by atoms with E-state index < -0.39 is 6.96 Å². The predicted molar refractivity (Wildman–Crippen MR) is 191 cm³/mol. The largest absolute Gasteiger partial charge is 0.777 e. The minimum Gasteiger partial charge on any atom is -0.611 e. The van der Waals surface area contributed by atoms with Crippen molar-refractivity contribution in [2.75, 3.05) is 26.2 Å². The number of para-hydroxylation sites is 4. The second kappa shape index (κ2) is 16.1. The van der Waals surface area contributed by atoms with Gasteiger partial charge in [-0.05, 0) is 49.9 Å². The third-order valence-electron chi connectivity index (χ3n) is 9.16. The van der Waals surface area contributed by atoms with E-state index in [1.807, 2.05) is 97.1 Å². The molecule has 2 aliphatic rings. The van der Waals surface area contributed by atoms with Gasteiger partial charge in [-0.15, -0.1) is 0 Å². The van der Waals surface area contributed by atoms with Gasteiger partial charge in [-0.1, -0.05) is 126 Å². The molecule has 0 aliphatic carbocycles. The molecule has 0 N–H and O–H groups in total. The van der Waals surface area contributed by atoms with Crippen LogP contribution in [-0.4, -0.2) is 37.6 Å². The zero-order chi connectivity index (χ0) is 32.2. The normalized spacial score (nSPS) is 13.8. The summed E-state index contributed by atoms with van der Waals surface area (Å²) >= 11 is 0. The van der Waals surface area contributed by atoms with Crippen LogP contribution in [-0.2, 0) is 0 Å². The average molecular weight is 622 g/mol. The molecule has 1 spiro atoms. The molecule has 244 valence electrons. The highest BCUT2D eigenvalue weighted by Crippen LogP contribution is 2.46. The topological polar surface area (TPSA) is 36.9 Å². The molecule has 5 nitrogen and oxygen atoms in total. The van der Waals surface area contributed by atoms with Gasteiger partial charge in [0.1, 0.15) is 0 Å². The number of quaternary nitrogens is 1. The average Bonchev–Trinajstić information content (AvgIpc) is 3.31. The van der Waals surface area contributed by atoms with Gasteiger partial charge in [0.05, 0.1) is 49.2 Å². The maximum atomic E-state index is 6.36. The molecule has 2 aliphatic heterocycles. The summed E-state index contributed by atoms with van der Waals surface area (Å²) in [6.07, 6.45) is 11.1. The Bertz CT molecular complexity index is 1310. The summed E-state index contributed by atoms with van der Waals surface area (Å²) in [5.74, 6) is 2.59. The second-order valence-corrected chi connectivity index (χ2v) is 12.7. The first-order valence-electron chi connectivity index (χ1n) is 17.7. The van der Waals surface area contributed by atoms with E-state index >= 15 is 0 Å². The lowest BCUT2D eigenvalue weighted by Crippen LogP contribution is -2.60. The van der Waals surface area contributed by atoms with Crippen LogP contribution in [0.1, 0.15) is 79.1 Å². The molecule has 2 heterocycles. The first-order chi connectivity index (χ1) is 22.6. The van der Waals surface area contributed by atoms with Gasteiger partial charge in [-0.25, -0.2) is 0 Å². The van der Waals surface area contributed by atoms with Crippen molar-refractivity contribution in [3.63, 3.8) is 0 Å². The van der Waals surface area contributed by atoms with E-state index in [2.05, 4.69) is 27.7 Å². The minimum absolute atomic E-state index is 0.648. The number of hydrogen-bond donors (Lipinski definition) is 0. The Labute approximate surface area is 277 Å². The first kappa shape index (κ1) is 33.5. The molecule has 0 fully saturated rings. The lowest BCUT2D eigenvalue weighted by Gasteiger charge is -2.39. The molecule has 0 aromatic heterocycles. The molecule has 4 aromatic carbocycles. The summed E-state index contributed by atoms with van der Waals surface area (Å²) in [4.78, 5) is 0. The Hall–Kier alpha value is -3.90. The molecule has 4 aromatic rings. The van der Waals surface area contributed by atoms with Gasteiger partial charge in [0.25, 0.3) is 0 Å². The van der Waals surface area contributed by atoms with E-state index in [9.17, 15) is 0 Å². The fraction of sp³-hybridized carbons (Fsp3) is 0.400. The van der Waals surface area contributed by atoms with Crippen molar-refractivity contribution in [1.82, 2.24) is 0 Å². The van der Waals surface area contributed by atoms with Gasteiger partial charge < -0.3 is 23.1 Å². The molecule has 0 atom stereocenters. The summed E-state index contributed by atoms with van der Waals surface area (Å²) < 4.78 is 26.8. The van der Waals surface area contributed by atoms with Crippen LogP contribution in [0.2, 0.25) is 0 Å². The third-order valence-corrected chi connectivity index (χ3v) is 9.16.